The molecule has 0 atom stereocenters. The molecule has 1 saturated carbocycles. The molecule has 7 heteroatoms. The molecular formula is C20H25N5OS. The summed E-state index contributed by atoms with van der Waals surface area (Å²) < 4.78 is 2.08. The summed E-state index contributed by atoms with van der Waals surface area (Å²) in [5.41, 5.74) is 2.12. The molecule has 0 aliphatic heterocycles. The predicted molar refractivity (Wildman–Crippen MR) is 109 cm³/mol. The van der Waals surface area contributed by atoms with E-state index in [0.29, 0.717) is 11.8 Å². The largest absolute Gasteiger partial charge is 0.360 e. The van der Waals surface area contributed by atoms with Gasteiger partial charge in [-0.2, -0.15) is 0 Å². The van der Waals surface area contributed by atoms with Crippen LogP contribution in [0.2, 0.25) is 0 Å². The first-order valence-electron chi connectivity index (χ1n) is 9.68. The molecule has 2 heterocycles. The fourth-order valence-corrected chi connectivity index (χ4v) is 4.60. The fraction of sp³-hybridized carbons (Fsp3) is 0.450. The van der Waals surface area contributed by atoms with Crippen LogP contribution in [0.3, 0.4) is 0 Å². The zero-order valence-corrected chi connectivity index (χ0v) is 16.4. The van der Waals surface area contributed by atoms with Gasteiger partial charge in [0.1, 0.15) is 0 Å². The van der Waals surface area contributed by atoms with E-state index in [4.69, 9.17) is 0 Å². The van der Waals surface area contributed by atoms with Crippen LogP contribution >= 0.6 is 11.8 Å². The van der Waals surface area contributed by atoms with Gasteiger partial charge in [0.2, 0.25) is 5.91 Å². The van der Waals surface area contributed by atoms with E-state index in [1.807, 2.05) is 18.3 Å². The van der Waals surface area contributed by atoms with Crippen molar-refractivity contribution in [2.75, 3.05) is 5.75 Å². The molecule has 0 radical (unpaired) electrons. The predicted octanol–water partition coefficient (Wildman–Crippen LogP) is 3.99. The van der Waals surface area contributed by atoms with E-state index in [9.17, 15) is 4.79 Å². The third-order valence-corrected chi connectivity index (χ3v) is 6.13. The van der Waals surface area contributed by atoms with Crippen LogP contribution in [-0.4, -0.2) is 37.5 Å². The molecule has 3 aromatic rings. The van der Waals surface area contributed by atoms with E-state index in [1.165, 1.54) is 31.0 Å². The van der Waals surface area contributed by atoms with E-state index in [2.05, 4.69) is 44.1 Å². The Balaban J connectivity index is 1.47. The lowest BCUT2D eigenvalue weighted by Gasteiger charge is -2.22. The highest BCUT2D eigenvalue weighted by Crippen LogP contribution is 2.30. The van der Waals surface area contributed by atoms with Gasteiger partial charge in [0.25, 0.3) is 0 Å². The molecule has 2 N–H and O–H groups in total. The van der Waals surface area contributed by atoms with Crippen molar-refractivity contribution in [1.29, 1.82) is 0 Å². The standard InChI is InChI=1S/C20H25N5OS/c1-2-25-19(16-12-21-17-11-7-6-10-15(16)17)23-24-20(25)27-13-18(26)22-14-8-4-3-5-9-14/h6-7,10-12,14,21H,2-5,8-9,13H2,1H3,(H,22,26). The van der Waals surface area contributed by atoms with Crippen LogP contribution in [0.25, 0.3) is 22.3 Å². The molecule has 0 saturated heterocycles. The molecule has 2 aromatic heterocycles. The number of benzene rings is 1. The number of fused-ring (bicyclic) bond motifs is 1. The number of thioether (sulfide) groups is 1. The first-order valence-corrected chi connectivity index (χ1v) is 10.7. The smallest absolute Gasteiger partial charge is 0.230 e. The first-order chi connectivity index (χ1) is 13.3. The van der Waals surface area contributed by atoms with E-state index in [1.54, 1.807) is 0 Å². The maximum Gasteiger partial charge on any atom is 0.230 e. The highest BCUT2D eigenvalue weighted by Gasteiger charge is 2.19. The molecule has 1 aliphatic carbocycles. The van der Waals surface area contributed by atoms with Crippen LogP contribution in [-0.2, 0) is 11.3 Å². The topological polar surface area (TPSA) is 75.6 Å². The Labute approximate surface area is 163 Å². The number of para-hydroxylation sites is 1. The summed E-state index contributed by atoms with van der Waals surface area (Å²) in [6.45, 7) is 2.84. The van der Waals surface area contributed by atoms with Crippen LogP contribution in [0, 0.1) is 0 Å². The first kappa shape index (κ1) is 18.1. The lowest BCUT2D eigenvalue weighted by atomic mass is 9.95. The normalized spacial score (nSPS) is 15.3. The highest BCUT2D eigenvalue weighted by molar-refractivity contribution is 7.99. The summed E-state index contributed by atoms with van der Waals surface area (Å²) in [4.78, 5) is 15.6. The highest BCUT2D eigenvalue weighted by atomic mass is 32.2. The van der Waals surface area contributed by atoms with Crippen molar-refractivity contribution >= 4 is 28.6 Å². The van der Waals surface area contributed by atoms with Gasteiger partial charge in [-0.3, -0.25) is 4.79 Å². The third-order valence-electron chi connectivity index (χ3n) is 5.17. The van der Waals surface area contributed by atoms with Crippen LogP contribution < -0.4 is 5.32 Å². The average molecular weight is 384 g/mol. The zero-order valence-electron chi connectivity index (χ0n) is 15.6. The van der Waals surface area contributed by atoms with Crippen molar-refractivity contribution in [3.8, 4) is 11.4 Å². The van der Waals surface area contributed by atoms with Gasteiger partial charge in [-0.15, -0.1) is 10.2 Å². The zero-order chi connectivity index (χ0) is 18.6. The maximum absolute atomic E-state index is 12.3. The molecule has 1 aromatic carbocycles. The molecule has 1 aliphatic rings. The Bertz CT molecular complexity index is 925. The van der Waals surface area contributed by atoms with Crippen molar-refractivity contribution in [2.45, 2.75) is 56.8 Å². The number of rotatable bonds is 6. The van der Waals surface area contributed by atoms with Crippen molar-refractivity contribution < 1.29 is 4.79 Å². The monoisotopic (exact) mass is 383 g/mol. The molecule has 6 nitrogen and oxygen atoms in total. The van der Waals surface area contributed by atoms with Gasteiger partial charge in [-0.1, -0.05) is 49.2 Å². The van der Waals surface area contributed by atoms with Gasteiger partial charge in [-0.05, 0) is 25.8 Å². The number of hydrogen-bond donors (Lipinski definition) is 2. The Hall–Kier alpha value is -2.28. The quantitative estimate of drug-likeness (QED) is 0.631. The molecule has 0 bridgehead atoms. The summed E-state index contributed by atoms with van der Waals surface area (Å²) >= 11 is 1.46. The number of H-pyrrole nitrogens is 1. The minimum atomic E-state index is 0.0891. The van der Waals surface area contributed by atoms with Gasteiger partial charge in [0, 0.05) is 35.2 Å². The average Bonchev–Trinajstić information content (AvgIpc) is 3.30. The summed E-state index contributed by atoms with van der Waals surface area (Å²) in [5.74, 6) is 1.30. The van der Waals surface area contributed by atoms with E-state index >= 15 is 0 Å². The van der Waals surface area contributed by atoms with Crippen molar-refractivity contribution in [3.05, 3.63) is 30.5 Å². The number of hydrogen-bond acceptors (Lipinski definition) is 4. The molecule has 4 rings (SSSR count). The van der Waals surface area contributed by atoms with Crippen LogP contribution in [0.15, 0.2) is 35.6 Å². The Kier molecular flexibility index (Phi) is 5.48. The Morgan fingerprint density at radius 1 is 1.26 bits per heavy atom. The maximum atomic E-state index is 12.3. The Morgan fingerprint density at radius 2 is 2.07 bits per heavy atom. The Morgan fingerprint density at radius 3 is 2.89 bits per heavy atom. The number of aromatic nitrogens is 4. The number of amides is 1. The number of carbonyl (C=O) groups is 1. The summed E-state index contributed by atoms with van der Waals surface area (Å²) in [6.07, 6.45) is 7.91. The van der Waals surface area contributed by atoms with E-state index in [0.717, 1.165) is 46.8 Å². The van der Waals surface area contributed by atoms with Crippen molar-refractivity contribution in [3.63, 3.8) is 0 Å². The lowest BCUT2D eigenvalue weighted by molar-refractivity contribution is -0.119. The molecule has 27 heavy (non-hydrogen) atoms. The summed E-state index contributed by atoms with van der Waals surface area (Å²) in [5, 5.41) is 13.8. The summed E-state index contributed by atoms with van der Waals surface area (Å²) in [7, 11) is 0. The van der Waals surface area contributed by atoms with Crippen molar-refractivity contribution in [1.82, 2.24) is 25.1 Å². The lowest BCUT2D eigenvalue weighted by Crippen LogP contribution is -2.37. The third kappa shape index (κ3) is 3.88. The molecule has 0 unspecified atom stereocenters. The number of aromatic amines is 1. The van der Waals surface area contributed by atoms with Crippen LogP contribution in [0.5, 0.6) is 0 Å². The van der Waals surface area contributed by atoms with Gasteiger partial charge in [-0.25, -0.2) is 0 Å². The van der Waals surface area contributed by atoms with Crippen LogP contribution in [0.1, 0.15) is 39.0 Å². The van der Waals surface area contributed by atoms with E-state index < -0.39 is 0 Å². The molecule has 142 valence electrons. The number of nitrogens with zero attached hydrogens (tertiary/aromatic N) is 3. The second-order valence-electron chi connectivity index (χ2n) is 6.99. The van der Waals surface area contributed by atoms with Gasteiger partial charge in [0.05, 0.1) is 5.75 Å². The minimum Gasteiger partial charge on any atom is -0.360 e. The van der Waals surface area contributed by atoms with E-state index in [-0.39, 0.29) is 5.91 Å². The van der Waals surface area contributed by atoms with Gasteiger partial charge in [0.15, 0.2) is 11.0 Å². The summed E-state index contributed by atoms with van der Waals surface area (Å²) in [6, 6.07) is 8.52. The van der Waals surface area contributed by atoms with Crippen LogP contribution in [0.4, 0.5) is 0 Å². The molecule has 0 spiro atoms. The van der Waals surface area contributed by atoms with Crippen molar-refractivity contribution in [2.24, 2.45) is 0 Å². The molecule has 1 fully saturated rings. The SMILES string of the molecule is CCn1c(SCC(=O)NC2CCCCC2)nnc1-c1c[nH]c2ccccc12. The molecule has 1 amide bonds. The minimum absolute atomic E-state index is 0.0891. The second kappa shape index (κ2) is 8.17. The molecular weight excluding hydrogens is 358 g/mol. The van der Waals surface area contributed by atoms with Gasteiger partial charge >= 0.3 is 0 Å². The number of nitrogens with one attached hydrogen (secondary N) is 2. The number of carbonyl (C=O) groups excluding carboxylic acids is 1. The second-order valence-corrected chi connectivity index (χ2v) is 7.93. The fourth-order valence-electron chi connectivity index (χ4n) is 3.78. The van der Waals surface area contributed by atoms with Gasteiger partial charge < -0.3 is 14.9 Å².